The summed E-state index contributed by atoms with van der Waals surface area (Å²) in [4.78, 5) is 4.19. The minimum absolute atomic E-state index is 0.196. The van der Waals surface area contributed by atoms with Gasteiger partial charge in [-0.1, -0.05) is 39.7 Å². The maximum atomic E-state index is 6.13. The molecule has 0 spiro atoms. The van der Waals surface area contributed by atoms with Crippen molar-refractivity contribution in [3.63, 3.8) is 0 Å². The average molecular weight is 341 g/mol. The molecule has 0 aliphatic carbocycles. The van der Waals surface area contributed by atoms with Crippen LogP contribution in [0.15, 0.2) is 36.7 Å². The Balaban J connectivity index is 2.20. The fraction of sp³-hybridized carbons (Fsp3) is 0.267. The Hall–Kier alpha value is -1.06. The van der Waals surface area contributed by atoms with E-state index in [0.29, 0.717) is 5.02 Å². The summed E-state index contributed by atoms with van der Waals surface area (Å²) in [7, 11) is 1.69. The fourth-order valence-electron chi connectivity index (χ4n) is 1.91. The van der Waals surface area contributed by atoms with Crippen molar-refractivity contribution in [2.75, 3.05) is 7.11 Å². The lowest BCUT2D eigenvalue weighted by Crippen LogP contribution is -1.98. The van der Waals surface area contributed by atoms with Gasteiger partial charge in [-0.15, -0.1) is 0 Å². The number of halogens is 2. The molecule has 19 heavy (non-hydrogen) atoms. The number of methoxy groups -OCH3 is 1. The van der Waals surface area contributed by atoms with Gasteiger partial charge in [0.25, 0.3) is 0 Å². The summed E-state index contributed by atoms with van der Waals surface area (Å²) in [6, 6.07) is 8.18. The van der Waals surface area contributed by atoms with Gasteiger partial charge < -0.3 is 4.74 Å². The topological polar surface area (TPSA) is 22.1 Å². The Bertz CT molecular complexity index is 574. The van der Waals surface area contributed by atoms with Crippen LogP contribution >= 0.6 is 27.5 Å². The van der Waals surface area contributed by atoms with Gasteiger partial charge >= 0.3 is 0 Å². The van der Waals surface area contributed by atoms with Crippen molar-refractivity contribution in [2.45, 2.75) is 18.2 Å². The Morgan fingerprint density at radius 1 is 1.37 bits per heavy atom. The van der Waals surface area contributed by atoms with Gasteiger partial charge in [-0.05, 0) is 42.2 Å². The molecule has 0 N–H and O–H groups in total. The monoisotopic (exact) mass is 339 g/mol. The molecule has 1 unspecified atom stereocenters. The zero-order chi connectivity index (χ0) is 13.8. The highest BCUT2D eigenvalue weighted by molar-refractivity contribution is 9.09. The van der Waals surface area contributed by atoms with Gasteiger partial charge in [-0.3, -0.25) is 4.98 Å². The van der Waals surface area contributed by atoms with E-state index >= 15 is 0 Å². The highest BCUT2D eigenvalue weighted by Gasteiger charge is 2.12. The van der Waals surface area contributed by atoms with Gasteiger partial charge in [0.2, 0.25) is 0 Å². The van der Waals surface area contributed by atoms with Crippen molar-refractivity contribution in [3.05, 3.63) is 58.4 Å². The van der Waals surface area contributed by atoms with Gasteiger partial charge in [0, 0.05) is 17.2 Å². The average Bonchev–Trinajstić information content (AvgIpc) is 2.42. The van der Waals surface area contributed by atoms with Crippen molar-refractivity contribution in [3.8, 4) is 5.75 Å². The molecule has 4 heteroatoms. The van der Waals surface area contributed by atoms with Gasteiger partial charge in [0.05, 0.1) is 12.1 Å². The molecule has 0 bridgehead atoms. The zero-order valence-electron chi connectivity index (χ0n) is 10.9. The van der Waals surface area contributed by atoms with Gasteiger partial charge in [0.15, 0.2) is 0 Å². The van der Waals surface area contributed by atoms with Crippen LogP contribution in [0.25, 0.3) is 0 Å². The minimum Gasteiger partial charge on any atom is -0.496 e. The van der Waals surface area contributed by atoms with Crippen LogP contribution in [0.2, 0.25) is 5.02 Å². The summed E-state index contributed by atoms with van der Waals surface area (Å²) in [5, 5.41) is 0.700. The largest absolute Gasteiger partial charge is 0.496 e. The number of alkyl halides is 1. The Morgan fingerprint density at radius 2 is 2.16 bits per heavy atom. The van der Waals surface area contributed by atoms with Crippen molar-refractivity contribution in [1.82, 2.24) is 4.98 Å². The van der Waals surface area contributed by atoms with Crippen LogP contribution in [0.5, 0.6) is 5.75 Å². The third kappa shape index (κ3) is 3.48. The standard InChI is InChI=1S/C15H15BrClNO/c1-10-3-4-11(8-15(10)19-2)13(16)7-12-5-6-18-9-14(12)17/h3-6,8-9,13H,7H2,1-2H3. The number of benzene rings is 1. The number of aryl methyl sites for hydroxylation is 1. The van der Waals surface area contributed by atoms with Crippen LogP contribution in [0.3, 0.4) is 0 Å². The van der Waals surface area contributed by atoms with Gasteiger partial charge in [0.1, 0.15) is 5.75 Å². The quantitative estimate of drug-likeness (QED) is 0.751. The summed E-state index contributed by atoms with van der Waals surface area (Å²) in [6.45, 7) is 2.03. The first-order valence-electron chi connectivity index (χ1n) is 5.99. The number of nitrogens with zero attached hydrogens (tertiary/aromatic N) is 1. The first-order valence-corrected chi connectivity index (χ1v) is 7.28. The Morgan fingerprint density at radius 3 is 2.84 bits per heavy atom. The smallest absolute Gasteiger partial charge is 0.122 e. The summed E-state index contributed by atoms with van der Waals surface area (Å²) in [6.07, 6.45) is 4.25. The highest BCUT2D eigenvalue weighted by Crippen LogP contribution is 2.32. The predicted octanol–water partition coefficient (Wildman–Crippen LogP) is 4.73. The van der Waals surface area contributed by atoms with Crippen LogP contribution in [0.1, 0.15) is 21.5 Å². The molecule has 2 nitrogen and oxygen atoms in total. The second-order valence-corrected chi connectivity index (χ2v) is 5.88. The van der Waals surface area contributed by atoms with E-state index in [1.807, 2.05) is 13.0 Å². The summed E-state index contributed by atoms with van der Waals surface area (Å²) in [5.74, 6) is 0.905. The molecule has 0 radical (unpaired) electrons. The molecule has 0 saturated carbocycles. The lowest BCUT2D eigenvalue weighted by molar-refractivity contribution is 0.411. The van der Waals surface area contributed by atoms with E-state index in [2.05, 4.69) is 39.1 Å². The molecular formula is C15H15BrClNO. The Kier molecular flexibility index (Phi) is 4.83. The number of pyridine rings is 1. The van der Waals surface area contributed by atoms with E-state index in [4.69, 9.17) is 16.3 Å². The summed E-state index contributed by atoms with van der Waals surface area (Å²) < 4.78 is 5.35. The molecule has 1 heterocycles. The van der Waals surface area contributed by atoms with Crippen LogP contribution in [-0.2, 0) is 6.42 Å². The van der Waals surface area contributed by atoms with Crippen molar-refractivity contribution in [2.24, 2.45) is 0 Å². The molecule has 0 saturated heterocycles. The maximum Gasteiger partial charge on any atom is 0.122 e. The van der Waals surface area contributed by atoms with Crippen molar-refractivity contribution < 1.29 is 4.74 Å². The number of aromatic nitrogens is 1. The zero-order valence-corrected chi connectivity index (χ0v) is 13.2. The molecule has 1 aromatic carbocycles. The molecule has 0 amide bonds. The van der Waals surface area contributed by atoms with Gasteiger partial charge in [-0.2, -0.15) is 0 Å². The maximum absolute atomic E-state index is 6.13. The lowest BCUT2D eigenvalue weighted by atomic mass is 10.0. The number of hydrogen-bond donors (Lipinski definition) is 0. The molecule has 2 rings (SSSR count). The van der Waals surface area contributed by atoms with E-state index in [0.717, 1.165) is 23.3 Å². The van der Waals surface area contributed by atoms with E-state index in [9.17, 15) is 0 Å². The molecule has 1 aromatic heterocycles. The normalized spacial score (nSPS) is 12.2. The van der Waals surface area contributed by atoms with Crippen LogP contribution < -0.4 is 4.74 Å². The number of rotatable bonds is 4. The molecule has 1 atom stereocenters. The molecule has 0 aliphatic heterocycles. The van der Waals surface area contributed by atoms with E-state index < -0.39 is 0 Å². The first-order chi connectivity index (χ1) is 9.11. The van der Waals surface area contributed by atoms with Crippen LogP contribution in [0.4, 0.5) is 0 Å². The summed E-state index contributed by atoms with van der Waals surface area (Å²) in [5.41, 5.74) is 3.39. The second kappa shape index (κ2) is 6.40. The second-order valence-electron chi connectivity index (χ2n) is 4.37. The summed E-state index contributed by atoms with van der Waals surface area (Å²) >= 11 is 9.84. The van der Waals surface area contributed by atoms with E-state index in [-0.39, 0.29) is 4.83 Å². The van der Waals surface area contributed by atoms with Crippen molar-refractivity contribution in [1.29, 1.82) is 0 Å². The molecular weight excluding hydrogens is 326 g/mol. The van der Waals surface area contributed by atoms with Crippen LogP contribution in [0, 0.1) is 6.92 Å². The molecule has 0 aliphatic rings. The van der Waals surface area contributed by atoms with E-state index in [1.54, 1.807) is 19.5 Å². The number of hydrogen-bond acceptors (Lipinski definition) is 2. The van der Waals surface area contributed by atoms with Crippen molar-refractivity contribution >= 4 is 27.5 Å². The third-order valence-electron chi connectivity index (χ3n) is 3.05. The third-order valence-corrected chi connectivity index (χ3v) is 4.24. The SMILES string of the molecule is COc1cc(C(Br)Cc2ccncc2Cl)ccc1C. The lowest BCUT2D eigenvalue weighted by Gasteiger charge is -2.13. The first kappa shape index (κ1) is 14.4. The molecule has 0 fully saturated rings. The molecule has 2 aromatic rings. The Labute approximate surface area is 126 Å². The van der Waals surface area contributed by atoms with Crippen LogP contribution in [-0.4, -0.2) is 12.1 Å². The highest BCUT2D eigenvalue weighted by atomic mass is 79.9. The number of ether oxygens (including phenoxy) is 1. The predicted molar refractivity (Wildman–Crippen MR) is 82.4 cm³/mol. The fourth-order valence-corrected chi connectivity index (χ4v) is 2.74. The minimum atomic E-state index is 0.196. The van der Waals surface area contributed by atoms with E-state index in [1.165, 1.54) is 5.56 Å². The van der Waals surface area contributed by atoms with Gasteiger partial charge in [-0.25, -0.2) is 0 Å². The molecule has 100 valence electrons.